The van der Waals surface area contributed by atoms with Gasteiger partial charge in [0.15, 0.2) is 11.5 Å². The molecule has 1 aliphatic rings. The first kappa shape index (κ1) is 12.7. The largest absolute Gasteiger partial charge is 0.486 e. The summed E-state index contributed by atoms with van der Waals surface area (Å²) in [4.78, 5) is 11.1. The fourth-order valence-corrected chi connectivity index (χ4v) is 2.03. The Morgan fingerprint density at radius 2 is 1.94 bits per heavy atom. The summed E-state index contributed by atoms with van der Waals surface area (Å²) in [6, 6.07) is 4.02. The van der Waals surface area contributed by atoms with Crippen LogP contribution in [0.2, 0.25) is 0 Å². The molecule has 0 aromatic heterocycles. The maximum atomic E-state index is 11.1. The van der Waals surface area contributed by atoms with Crippen LogP contribution in [-0.2, 0) is 16.0 Å². The maximum Gasteiger partial charge on any atom is 0.305 e. The highest BCUT2D eigenvalue weighted by molar-refractivity contribution is 5.69. The van der Waals surface area contributed by atoms with E-state index >= 15 is 0 Å². The molecule has 18 heavy (non-hydrogen) atoms. The summed E-state index contributed by atoms with van der Waals surface area (Å²) in [7, 11) is 1.41. The number of benzene rings is 1. The number of aryl methyl sites for hydroxylation is 2. The van der Waals surface area contributed by atoms with Crippen molar-refractivity contribution >= 4 is 5.97 Å². The molecular weight excluding hydrogens is 232 g/mol. The molecule has 0 spiro atoms. The molecular formula is C14H18O4. The van der Waals surface area contributed by atoms with E-state index in [1.54, 1.807) is 0 Å². The van der Waals surface area contributed by atoms with E-state index in [4.69, 9.17) is 9.47 Å². The van der Waals surface area contributed by atoms with Gasteiger partial charge in [-0.05, 0) is 43.0 Å². The molecule has 0 aliphatic carbocycles. The fourth-order valence-electron chi connectivity index (χ4n) is 2.03. The number of hydrogen-bond donors (Lipinski definition) is 0. The van der Waals surface area contributed by atoms with Gasteiger partial charge in [-0.3, -0.25) is 4.79 Å². The van der Waals surface area contributed by atoms with Gasteiger partial charge in [0.25, 0.3) is 0 Å². The van der Waals surface area contributed by atoms with Crippen molar-refractivity contribution in [2.75, 3.05) is 20.3 Å². The smallest absolute Gasteiger partial charge is 0.305 e. The second-order valence-electron chi connectivity index (χ2n) is 4.35. The maximum absolute atomic E-state index is 11.1. The van der Waals surface area contributed by atoms with Crippen molar-refractivity contribution in [1.82, 2.24) is 0 Å². The summed E-state index contributed by atoms with van der Waals surface area (Å²) in [5.41, 5.74) is 2.37. The first-order valence-electron chi connectivity index (χ1n) is 6.16. The van der Waals surface area contributed by atoms with Crippen LogP contribution in [0.15, 0.2) is 12.1 Å². The molecule has 0 unspecified atom stereocenters. The Bertz CT molecular complexity index is 440. The molecule has 0 saturated heterocycles. The summed E-state index contributed by atoms with van der Waals surface area (Å²) < 4.78 is 15.7. The molecule has 0 saturated carbocycles. The molecule has 0 radical (unpaired) electrons. The van der Waals surface area contributed by atoms with Gasteiger partial charge in [0.2, 0.25) is 0 Å². The lowest BCUT2D eigenvalue weighted by molar-refractivity contribution is -0.140. The van der Waals surface area contributed by atoms with Gasteiger partial charge in [-0.15, -0.1) is 0 Å². The summed E-state index contributed by atoms with van der Waals surface area (Å²) in [6.07, 6.45) is 2.08. The van der Waals surface area contributed by atoms with Crippen molar-refractivity contribution in [3.05, 3.63) is 23.3 Å². The van der Waals surface area contributed by atoms with E-state index in [1.165, 1.54) is 18.2 Å². The Kier molecular flexibility index (Phi) is 4.07. The van der Waals surface area contributed by atoms with Crippen molar-refractivity contribution in [3.63, 3.8) is 0 Å². The van der Waals surface area contributed by atoms with E-state index in [0.29, 0.717) is 19.6 Å². The highest BCUT2D eigenvalue weighted by atomic mass is 16.6. The lowest BCUT2D eigenvalue weighted by atomic mass is 10.0. The summed E-state index contributed by atoms with van der Waals surface area (Å²) in [6.45, 7) is 3.25. The Labute approximate surface area is 107 Å². The average molecular weight is 250 g/mol. The third kappa shape index (κ3) is 2.94. The molecule has 0 atom stereocenters. The van der Waals surface area contributed by atoms with Gasteiger partial charge in [-0.1, -0.05) is 0 Å². The van der Waals surface area contributed by atoms with E-state index in [2.05, 4.69) is 4.74 Å². The number of methoxy groups -OCH3 is 1. The molecule has 2 rings (SSSR count). The average Bonchev–Trinajstić information content (AvgIpc) is 2.39. The SMILES string of the molecule is COC(=O)CCCc1cc2c(cc1C)OCCO2. The topological polar surface area (TPSA) is 44.8 Å². The standard InChI is InChI=1S/C14H18O4/c1-10-8-12-13(18-7-6-17-12)9-11(10)4-3-5-14(15)16-2/h8-9H,3-7H2,1-2H3. The molecule has 98 valence electrons. The quantitative estimate of drug-likeness (QED) is 0.769. The van der Waals surface area contributed by atoms with E-state index in [1.807, 2.05) is 19.1 Å². The molecule has 4 heteroatoms. The first-order valence-corrected chi connectivity index (χ1v) is 6.16. The van der Waals surface area contributed by atoms with Crippen molar-refractivity contribution in [2.45, 2.75) is 26.2 Å². The van der Waals surface area contributed by atoms with Gasteiger partial charge in [-0.25, -0.2) is 0 Å². The summed E-state index contributed by atoms with van der Waals surface area (Å²) in [5.74, 6) is 1.46. The van der Waals surface area contributed by atoms with Crippen molar-refractivity contribution in [3.8, 4) is 11.5 Å². The van der Waals surface area contributed by atoms with E-state index in [0.717, 1.165) is 24.3 Å². The second kappa shape index (κ2) is 5.76. The van der Waals surface area contributed by atoms with Gasteiger partial charge in [0, 0.05) is 6.42 Å². The second-order valence-corrected chi connectivity index (χ2v) is 4.35. The lowest BCUT2D eigenvalue weighted by Gasteiger charge is -2.20. The van der Waals surface area contributed by atoms with Crippen LogP contribution in [0.25, 0.3) is 0 Å². The third-order valence-electron chi connectivity index (χ3n) is 3.06. The van der Waals surface area contributed by atoms with Gasteiger partial charge < -0.3 is 14.2 Å². The van der Waals surface area contributed by atoms with E-state index in [9.17, 15) is 4.79 Å². The van der Waals surface area contributed by atoms with Gasteiger partial charge in [0.1, 0.15) is 13.2 Å². The third-order valence-corrected chi connectivity index (χ3v) is 3.06. The predicted molar refractivity (Wildman–Crippen MR) is 67.1 cm³/mol. The zero-order valence-electron chi connectivity index (χ0n) is 10.8. The van der Waals surface area contributed by atoms with Crippen molar-refractivity contribution in [2.24, 2.45) is 0 Å². The van der Waals surface area contributed by atoms with E-state index in [-0.39, 0.29) is 5.97 Å². The minimum absolute atomic E-state index is 0.162. The Balaban J connectivity index is 2.02. The van der Waals surface area contributed by atoms with Crippen molar-refractivity contribution < 1.29 is 19.0 Å². The van der Waals surface area contributed by atoms with Crippen LogP contribution in [0.5, 0.6) is 11.5 Å². The predicted octanol–water partition coefficient (Wildman–Crippen LogP) is 2.26. The molecule has 1 aromatic rings. The van der Waals surface area contributed by atoms with Crippen LogP contribution in [-0.4, -0.2) is 26.3 Å². The van der Waals surface area contributed by atoms with Crippen LogP contribution in [0.1, 0.15) is 24.0 Å². The number of carbonyl (C=O) groups is 1. The molecule has 0 amide bonds. The van der Waals surface area contributed by atoms with Crippen LogP contribution in [0, 0.1) is 6.92 Å². The fraction of sp³-hybridized carbons (Fsp3) is 0.500. The number of fused-ring (bicyclic) bond motifs is 1. The molecule has 1 heterocycles. The minimum atomic E-state index is -0.162. The van der Waals surface area contributed by atoms with Crippen LogP contribution < -0.4 is 9.47 Å². The molecule has 0 bridgehead atoms. The minimum Gasteiger partial charge on any atom is -0.486 e. The van der Waals surface area contributed by atoms with Crippen molar-refractivity contribution in [1.29, 1.82) is 0 Å². The van der Waals surface area contributed by atoms with Gasteiger partial charge >= 0.3 is 5.97 Å². The van der Waals surface area contributed by atoms with Gasteiger partial charge in [-0.2, -0.15) is 0 Å². The van der Waals surface area contributed by atoms with Crippen LogP contribution >= 0.6 is 0 Å². The highest BCUT2D eigenvalue weighted by Crippen LogP contribution is 2.33. The number of carbonyl (C=O) groups excluding carboxylic acids is 1. The number of rotatable bonds is 4. The monoisotopic (exact) mass is 250 g/mol. The van der Waals surface area contributed by atoms with Crippen LogP contribution in [0.4, 0.5) is 0 Å². The molecule has 0 fully saturated rings. The summed E-state index contributed by atoms with van der Waals surface area (Å²) >= 11 is 0. The summed E-state index contributed by atoms with van der Waals surface area (Å²) in [5, 5.41) is 0. The Morgan fingerprint density at radius 1 is 1.28 bits per heavy atom. The number of ether oxygens (including phenoxy) is 3. The zero-order chi connectivity index (χ0) is 13.0. The van der Waals surface area contributed by atoms with Crippen LogP contribution in [0.3, 0.4) is 0 Å². The van der Waals surface area contributed by atoms with Gasteiger partial charge in [0.05, 0.1) is 7.11 Å². The molecule has 1 aromatic carbocycles. The lowest BCUT2D eigenvalue weighted by Crippen LogP contribution is -2.15. The number of hydrogen-bond acceptors (Lipinski definition) is 4. The molecule has 1 aliphatic heterocycles. The normalized spacial score (nSPS) is 13.2. The highest BCUT2D eigenvalue weighted by Gasteiger charge is 2.14. The molecule has 0 N–H and O–H groups in total. The zero-order valence-corrected chi connectivity index (χ0v) is 10.8. The first-order chi connectivity index (χ1) is 8.70. The molecule has 4 nitrogen and oxygen atoms in total. The van der Waals surface area contributed by atoms with E-state index < -0.39 is 0 Å². The number of esters is 1. The Hall–Kier alpha value is -1.71. The Morgan fingerprint density at radius 3 is 2.61 bits per heavy atom.